The summed E-state index contributed by atoms with van der Waals surface area (Å²) < 4.78 is 0. The second kappa shape index (κ2) is 11.6. The van der Waals surface area contributed by atoms with Crippen molar-refractivity contribution in [2.45, 2.75) is 26.3 Å². The fourth-order valence-electron chi connectivity index (χ4n) is 4.54. The molecule has 1 aliphatic rings. The Morgan fingerprint density at radius 2 is 1.76 bits per heavy atom. The molecule has 3 aromatic carbocycles. The maximum absolute atomic E-state index is 12.8. The van der Waals surface area contributed by atoms with E-state index in [1.165, 1.54) is 0 Å². The van der Waals surface area contributed by atoms with Gasteiger partial charge in [-0.1, -0.05) is 48.6 Å². The highest BCUT2D eigenvalue weighted by molar-refractivity contribution is 5.96. The van der Waals surface area contributed by atoms with E-state index in [0.717, 1.165) is 53.9 Å². The number of carbonyl (C=O) groups is 2. The fraction of sp³-hybridized carbons (Fsp3) is 0.233. The predicted molar refractivity (Wildman–Crippen MR) is 147 cm³/mol. The van der Waals surface area contributed by atoms with Crippen LogP contribution in [0.2, 0.25) is 0 Å². The van der Waals surface area contributed by atoms with E-state index < -0.39 is 5.97 Å². The molecule has 1 amide bonds. The third-order valence-electron chi connectivity index (χ3n) is 6.61. The van der Waals surface area contributed by atoms with Crippen molar-refractivity contribution in [2.75, 3.05) is 24.5 Å². The maximum atomic E-state index is 12.8. The van der Waals surface area contributed by atoms with E-state index in [2.05, 4.69) is 11.0 Å². The number of rotatable bonds is 9. The number of nitrogens with zero attached hydrogens (tertiary/aromatic N) is 2. The molecule has 0 unspecified atom stereocenters. The maximum Gasteiger partial charge on any atom is 0.335 e. The number of carboxylic acids is 1. The molecule has 37 heavy (non-hydrogen) atoms. The summed E-state index contributed by atoms with van der Waals surface area (Å²) in [6.07, 6.45) is 6.23. The van der Waals surface area contributed by atoms with Gasteiger partial charge in [0, 0.05) is 43.0 Å². The van der Waals surface area contributed by atoms with E-state index in [1.54, 1.807) is 18.2 Å². The van der Waals surface area contributed by atoms with Gasteiger partial charge < -0.3 is 20.6 Å². The van der Waals surface area contributed by atoms with E-state index in [4.69, 9.17) is 11.1 Å². The topological polar surface area (TPSA) is 111 Å². The molecule has 0 spiro atoms. The normalized spacial score (nSPS) is 13.2. The molecule has 0 saturated carbocycles. The van der Waals surface area contributed by atoms with Crippen molar-refractivity contribution < 1.29 is 14.7 Å². The monoisotopic (exact) mass is 496 g/mol. The van der Waals surface area contributed by atoms with E-state index in [1.807, 2.05) is 66.4 Å². The minimum Gasteiger partial charge on any atom is -0.478 e. The summed E-state index contributed by atoms with van der Waals surface area (Å²) >= 11 is 0. The molecule has 0 aromatic heterocycles. The van der Waals surface area contributed by atoms with Crippen molar-refractivity contribution in [2.24, 2.45) is 5.73 Å². The summed E-state index contributed by atoms with van der Waals surface area (Å²) in [4.78, 5) is 28.1. The van der Waals surface area contributed by atoms with Crippen molar-refractivity contribution in [3.63, 3.8) is 0 Å². The Hall–Kier alpha value is -4.39. The van der Waals surface area contributed by atoms with Crippen molar-refractivity contribution >= 4 is 29.5 Å². The molecule has 0 atom stereocenters. The Labute approximate surface area is 217 Å². The van der Waals surface area contributed by atoms with Gasteiger partial charge >= 0.3 is 5.97 Å². The summed E-state index contributed by atoms with van der Waals surface area (Å²) in [5, 5.41) is 17.0. The van der Waals surface area contributed by atoms with Gasteiger partial charge in [0.1, 0.15) is 5.84 Å². The van der Waals surface area contributed by atoms with E-state index in [0.29, 0.717) is 18.7 Å². The highest BCUT2D eigenvalue weighted by Crippen LogP contribution is 2.21. The van der Waals surface area contributed by atoms with Crippen LogP contribution in [0.15, 0.2) is 72.8 Å². The quantitative estimate of drug-likeness (QED) is 0.287. The number of carboxylic acid groups (broad SMARTS) is 1. The smallest absolute Gasteiger partial charge is 0.335 e. The highest BCUT2D eigenvalue weighted by Gasteiger charge is 2.20. The van der Waals surface area contributed by atoms with Crippen LogP contribution < -0.4 is 10.6 Å². The molecule has 4 N–H and O–H groups in total. The van der Waals surface area contributed by atoms with Crippen LogP contribution in [0.3, 0.4) is 0 Å². The van der Waals surface area contributed by atoms with E-state index in [9.17, 15) is 14.7 Å². The first-order chi connectivity index (χ1) is 17.8. The molecule has 3 aromatic rings. The highest BCUT2D eigenvalue weighted by atomic mass is 16.4. The number of nitrogens with one attached hydrogen (secondary N) is 1. The number of benzene rings is 3. The third kappa shape index (κ3) is 6.44. The van der Waals surface area contributed by atoms with E-state index in [-0.39, 0.29) is 17.3 Å². The molecular formula is C30H32N4O3. The first-order valence-electron chi connectivity index (χ1n) is 12.4. The lowest BCUT2D eigenvalue weighted by Crippen LogP contribution is -2.28. The first kappa shape index (κ1) is 25.7. The number of nitrogens with two attached hydrogens (primary N) is 1. The number of likely N-dealkylation sites (tertiary alicyclic amines) is 1. The van der Waals surface area contributed by atoms with Crippen LogP contribution in [0.5, 0.6) is 0 Å². The lowest BCUT2D eigenvalue weighted by atomic mass is 10.0. The van der Waals surface area contributed by atoms with Crippen LogP contribution in [0, 0.1) is 12.3 Å². The number of hydrogen-bond acceptors (Lipinski definition) is 4. The number of carbonyl (C=O) groups excluding carboxylic acids is 1. The molecule has 1 aliphatic heterocycles. The molecule has 4 rings (SSSR count). The van der Waals surface area contributed by atoms with Gasteiger partial charge in [0.25, 0.3) is 5.91 Å². The summed E-state index contributed by atoms with van der Waals surface area (Å²) in [5.41, 5.74) is 11.2. The Morgan fingerprint density at radius 1 is 1.03 bits per heavy atom. The molecule has 0 aliphatic carbocycles. The standard InChI is InChI=1S/C30H32N4O3/c1-21-18-22(11-14-27(21)29(35)33-15-2-3-16-33)6-5-17-34(26-8-4-7-25(19-26)28(31)32)20-23-9-12-24(13-10-23)30(36)37/h4-14,18-19H,2-3,15-17,20H2,1H3,(H3,31,32)(H,36,37). The zero-order chi connectivity index (χ0) is 26.4. The lowest BCUT2D eigenvalue weighted by Gasteiger charge is -2.24. The molecule has 1 saturated heterocycles. The molecule has 1 fully saturated rings. The number of hydrogen-bond donors (Lipinski definition) is 3. The van der Waals surface area contributed by atoms with Gasteiger partial charge in [0.05, 0.1) is 5.56 Å². The predicted octanol–water partition coefficient (Wildman–Crippen LogP) is 4.93. The molecule has 7 nitrogen and oxygen atoms in total. The number of aromatic carboxylic acids is 1. The Kier molecular flexibility index (Phi) is 8.03. The fourth-order valence-corrected chi connectivity index (χ4v) is 4.54. The van der Waals surface area contributed by atoms with Gasteiger partial charge in [0.15, 0.2) is 0 Å². The zero-order valence-electron chi connectivity index (χ0n) is 21.0. The average molecular weight is 497 g/mol. The Bertz CT molecular complexity index is 1320. The molecule has 1 heterocycles. The summed E-state index contributed by atoms with van der Waals surface area (Å²) in [7, 11) is 0. The summed E-state index contributed by atoms with van der Waals surface area (Å²) in [5.74, 6) is -0.845. The first-order valence-corrected chi connectivity index (χ1v) is 12.4. The summed E-state index contributed by atoms with van der Waals surface area (Å²) in [6, 6.07) is 20.3. The number of amidine groups is 1. The molecule has 190 valence electrons. The largest absolute Gasteiger partial charge is 0.478 e. The van der Waals surface area contributed by atoms with E-state index >= 15 is 0 Å². The molecule has 0 radical (unpaired) electrons. The second-order valence-corrected chi connectivity index (χ2v) is 9.32. The van der Waals surface area contributed by atoms with Crippen molar-refractivity contribution in [1.29, 1.82) is 5.41 Å². The van der Waals surface area contributed by atoms with Crippen molar-refractivity contribution in [3.8, 4) is 0 Å². The van der Waals surface area contributed by atoms with Crippen LogP contribution in [0.25, 0.3) is 6.08 Å². The number of amides is 1. The number of anilines is 1. The third-order valence-corrected chi connectivity index (χ3v) is 6.61. The number of aryl methyl sites for hydroxylation is 1. The van der Waals surface area contributed by atoms with Crippen molar-refractivity contribution in [3.05, 3.63) is 106 Å². The van der Waals surface area contributed by atoms with Crippen LogP contribution in [0.1, 0.15) is 55.8 Å². The van der Waals surface area contributed by atoms with Crippen LogP contribution in [0.4, 0.5) is 5.69 Å². The van der Waals surface area contributed by atoms with Crippen LogP contribution in [-0.2, 0) is 6.54 Å². The summed E-state index contributed by atoms with van der Waals surface area (Å²) in [6.45, 7) is 4.77. The minimum absolute atomic E-state index is 0.00203. The zero-order valence-corrected chi connectivity index (χ0v) is 21.0. The SMILES string of the molecule is Cc1cc(C=CCN(Cc2ccc(C(=O)O)cc2)c2cccc(C(=N)N)c2)ccc1C(=O)N1CCCC1. The van der Waals surface area contributed by atoms with Gasteiger partial charge in [-0.05, 0) is 66.8 Å². The van der Waals surface area contributed by atoms with Gasteiger partial charge in [-0.3, -0.25) is 10.2 Å². The average Bonchev–Trinajstić information content (AvgIpc) is 3.43. The minimum atomic E-state index is -0.955. The van der Waals surface area contributed by atoms with Gasteiger partial charge in [-0.25, -0.2) is 4.79 Å². The lowest BCUT2D eigenvalue weighted by molar-refractivity contribution is 0.0696. The molecule has 0 bridgehead atoms. The van der Waals surface area contributed by atoms with Gasteiger partial charge in [-0.15, -0.1) is 0 Å². The van der Waals surface area contributed by atoms with Gasteiger partial charge in [0.2, 0.25) is 0 Å². The Balaban J connectivity index is 1.52. The van der Waals surface area contributed by atoms with Crippen LogP contribution >= 0.6 is 0 Å². The van der Waals surface area contributed by atoms with Crippen LogP contribution in [-0.4, -0.2) is 47.4 Å². The van der Waals surface area contributed by atoms with Crippen molar-refractivity contribution in [1.82, 2.24) is 4.90 Å². The molecular weight excluding hydrogens is 464 g/mol. The Morgan fingerprint density at radius 3 is 2.41 bits per heavy atom. The number of nitrogen functional groups attached to an aromatic ring is 1. The van der Waals surface area contributed by atoms with Gasteiger partial charge in [-0.2, -0.15) is 0 Å². The second-order valence-electron chi connectivity index (χ2n) is 9.32. The molecule has 7 heteroatoms.